The van der Waals surface area contributed by atoms with Gasteiger partial charge in [0.1, 0.15) is 17.0 Å². The first-order valence-corrected chi connectivity index (χ1v) is 10.6. The summed E-state index contributed by atoms with van der Waals surface area (Å²) in [5.74, 6) is 0.603. The van der Waals surface area contributed by atoms with E-state index in [0.717, 1.165) is 39.1 Å². The normalized spacial score (nSPS) is 11.0. The predicted octanol–water partition coefficient (Wildman–Crippen LogP) is 5.97. The molecule has 2 aromatic heterocycles. The summed E-state index contributed by atoms with van der Waals surface area (Å²) in [6.07, 6.45) is 0. The van der Waals surface area contributed by atoms with E-state index in [1.54, 1.807) is 11.0 Å². The van der Waals surface area contributed by atoms with Crippen molar-refractivity contribution in [2.45, 2.75) is 20.0 Å². The molecule has 0 unspecified atom stereocenters. The average molecular weight is 422 g/mol. The monoisotopic (exact) mass is 421 g/mol. The number of nitrogens with one attached hydrogen (secondary N) is 1. The minimum Gasteiger partial charge on any atom is -0.459 e. The smallest absolute Gasteiger partial charge is 0.275 e. The Balaban J connectivity index is 1.46. The molecule has 0 aliphatic carbocycles. The highest BCUT2D eigenvalue weighted by Gasteiger charge is 2.21. The molecular weight excluding hydrogens is 398 g/mol. The van der Waals surface area contributed by atoms with Gasteiger partial charge >= 0.3 is 0 Å². The van der Waals surface area contributed by atoms with Gasteiger partial charge in [0.2, 0.25) is 0 Å². The fourth-order valence-corrected chi connectivity index (χ4v) is 3.89. The van der Waals surface area contributed by atoms with E-state index in [1.165, 1.54) is 0 Å². The van der Waals surface area contributed by atoms with Crippen LogP contribution < -0.4 is 0 Å². The molecule has 0 atom stereocenters. The molecule has 0 spiro atoms. The molecule has 0 radical (unpaired) electrons. The molecule has 2 heterocycles. The van der Waals surface area contributed by atoms with Gasteiger partial charge in [-0.2, -0.15) is 5.10 Å². The van der Waals surface area contributed by atoms with Gasteiger partial charge in [0.25, 0.3) is 5.91 Å². The van der Waals surface area contributed by atoms with Crippen LogP contribution in [0.2, 0.25) is 0 Å². The second-order valence-electron chi connectivity index (χ2n) is 7.91. The first kappa shape index (κ1) is 19.8. The zero-order valence-electron chi connectivity index (χ0n) is 17.8. The van der Waals surface area contributed by atoms with Crippen molar-refractivity contribution in [2.24, 2.45) is 0 Å². The van der Waals surface area contributed by atoms with E-state index >= 15 is 0 Å². The number of aryl methyl sites for hydroxylation is 1. The minimum absolute atomic E-state index is 0.139. The lowest BCUT2D eigenvalue weighted by Gasteiger charge is -2.21. The van der Waals surface area contributed by atoms with Gasteiger partial charge in [-0.25, -0.2) is 0 Å². The van der Waals surface area contributed by atoms with E-state index in [1.807, 2.05) is 67.6 Å². The molecule has 0 fully saturated rings. The number of carbonyl (C=O) groups is 1. The molecule has 0 bridgehead atoms. The topological polar surface area (TPSA) is 62.1 Å². The molecule has 5 nitrogen and oxygen atoms in total. The molecule has 0 aliphatic rings. The summed E-state index contributed by atoms with van der Waals surface area (Å²) in [5.41, 5.74) is 5.38. The maximum absolute atomic E-state index is 13.3. The van der Waals surface area contributed by atoms with Crippen LogP contribution in [0.25, 0.3) is 22.1 Å². The summed E-state index contributed by atoms with van der Waals surface area (Å²) in [4.78, 5) is 15.1. The van der Waals surface area contributed by atoms with Crippen LogP contribution in [0.4, 0.5) is 0 Å². The third kappa shape index (κ3) is 4.18. The summed E-state index contributed by atoms with van der Waals surface area (Å²) in [5, 5.41) is 8.07. The summed E-state index contributed by atoms with van der Waals surface area (Å²) >= 11 is 0. The maximum atomic E-state index is 13.3. The molecule has 0 aliphatic heterocycles. The van der Waals surface area contributed by atoms with E-state index in [2.05, 4.69) is 34.5 Å². The van der Waals surface area contributed by atoms with Gasteiger partial charge in [-0.3, -0.25) is 9.89 Å². The Bertz CT molecular complexity index is 1330. The lowest BCUT2D eigenvalue weighted by Crippen LogP contribution is -2.30. The lowest BCUT2D eigenvalue weighted by molar-refractivity contribution is 0.0712. The van der Waals surface area contributed by atoms with E-state index in [4.69, 9.17) is 4.42 Å². The average Bonchev–Trinajstić information content (AvgIpc) is 3.44. The zero-order valence-corrected chi connectivity index (χ0v) is 17.8. The Hall–Kier alpha value is -4.12. The molecule has 32 heavy (non-hydrogen) atoms. The van der Waals surface area contributed by atoms with Gasteiger partial charge in [-0.15, -0.1) is 0 Å². The highest BCUT2D eigenvalue weighted by molar-refractivity contribution is 5.92. The SMILES string of the molecule is Cc1cc(C(=O)N(Cc2cccc(-c3ccccc3)c2)Cc2cc3ccccc3o2)n[nH]1. The van der Waals surface area contributed by atoms with E-state index < -0.39 is 0 Å². The van der Waals surface area contributed by atoms with Crippen molar-refractivity contribution in [1.29, 1.82) is 0 Å². The number of para-hydroxylation sites is 1. The predicted molar refractivity (Wildman–Crippen MR) is 125 cm³/mol. The third-order valence-electron chi connectivity index (χ3n) is 5.44. The number of aromatic amines is 1. The number of aromatic nitrogens is 2. The largest absolute Gasteiger partial charge is 0.459 e. The van der Waals surface area contributed by atoms with Crippen molar-refractivity contribution in [3.8, 4) is 11.1 Å². The van der Waals surface area contributed by atoms with Gasteiger partial charge < -0.3 is 9.32 Å². The Labute approximate surface area is 186 Å². The summed E-state index contributed by atoms with van der Waals surface area (Å²) in [6.45, 7) is 2.69. The van der Waals surface area contributed by atoms with Crippen molar-refractivity contribution < 1.29 is 9.21 Å². The fourth-order valence-electron chi connectivity index (χ4n) is 3.89. The van der Waals surface area contributed by atoms with Crippen molar-refractivity contribution >= 4 is 16.9 Å². The number of benzene rings is 3. The quantitative estimate of drug-likeness (QED) is 0.367. The highest BCUT2D eigenvalue weighted by Crippen LogP contribution is 2.24. The van der Waals surface area contributed by atoms with Crippen molar-refractivity contribution in [3.05, 3.63) is 114 Å². The van der Waals surface area contributed by atoms with E-state index in [-0.39, 0.29) is 5.91 Å². The summed E-state index contributed by atoms with van der Waals surface area (Å²) in [6, 6.07) is 30.1. The van der Waals surface area contributed by atoms with Gasteiger partial charge in [0, 0.05) is 17.6 Å². The van der Waals surface area contributed by atoms with Crippen LogP contribution in [0.15, 0.2) is 95.4 Å². The number of furan rings is 1. The number of amides is 1. The molecule has 1 amide bonds. The van der Waals surface area contributed by atoms with E-state index in [9.17, 15) is 4.79 Å². The molecule has 0 saturated heterocycles. The standard InChI is InChI=1S/C27H23N3O2/c1-19-14-25(29-28-19)27(31)30(18-24-16-23-11-5-6-13-26(23)32-24)17-20-8-7-12-22(15-20)21-9-3-2-4-10-21/h2-16H,17-18H2,1H3,(H,28,29). The lowest BCUT2D eigenvalue weighted by atomic mass is 10.0. The first-order chi connectivity index (χ1) is 15.7. The maximum Gasteiger partial charge on any atom is 0.275 e. The number of nitrogens with zero attached hydrogens (tertiary/aromatic N) is 2. The second kappa shape index (κ2) is 8.55. The Morgan fingerprint density at radius 2 is 1.66 bits per heavy atom. The molecule has 158 valence electrons. The Kier molecular flexibility index (Phi) is 5.30. The van der Waals surface area contributed by atoms with Crippen LogP contribution in [0.5, 0.6) is 0 Å². The number of carbonyl (C=O) groups excluding carboxylic acids is 1. The molecule has 0 saturated carbocycles. The van der Waals surface area contributed by atoms with E-state index in [0.29, 0.717) is 18.8 Å². The van der Waals surface area contributed by atoms with Gasteiger partial charge in [-0.05, 0) is 47.9 Å². The molecule has 1 N–H and O–H groups in total. The van der Waals surface area contributed by atoms with Crippen molar-refractivity contribution in [2.75, 3.05) is 0 Å². The van der Waals surface area contributed by atoms with Crippen LogP contribution in [-0.2, 0) is 13.1 Å². The first-order valence-electron chi connectivity index (χ1n) is 10.6. The number of fused-ring (bicyclic) bond motifs is 1. The number of hydrogen-bond donors (Lipinski definition) is 1. The Morgan fingerprint density at radius 1 is 0.875 bits per heavy atom. The van der Waals surface area contributed by atoms with Gasteiger partial charge in [0.05, 0.1) is 6.54 Å². The molecule has 3 aromatic carbocycles. The number of H-pyrrole nitrogens is 1. The second-order valence-corrected chi connectivity index (χ2v) is 7.91. The van der Waals surface area contributed by atoms with Crippen LogP contribution in [0.1, 0.15) is 27.5 Å². The van der Waals surface area contributed by atoms with Crippen LogP contribution in [0, 0.1) is 6.92 Å². The molecular formula is C27H23N3O2. The molecule has 5 aromatic rings. The fraction of sp³-hybridized carbons (Fsp3) is 0.111. The van der Waals surface area contributed by atoms with Crippen LogP contribution >= 0.6 is 0 Å². The zero-order chi connectivity index (χ0) is 21.9. The van der Waals surface area contributed by atoms with Crippen LogP contribution in [0.3, 0.4) is 0 Å². The van der Waals surface area contributed by atoms with Crippen molar-refractivity contribution in [3.63, 3.8) is 0 Å². The minimum atomic E-state index is -0.139. The summed E-state index contributed by atoms with van der Waals surface area (Å²) < 4.78 is 6.00. The highest BCUT2D eigenvalue weighted by atomic mass is 16.3. The van der Waals surface area contributed by atoms with Crippen LogP contribution in [-0.4, -0.2) is 21.0 Å². The van der Waals surface area contributed by atoms with Crippen molar-refractivity contribution in [1.82, 2.24) is 15.1 Å². The number of rotatable bonds is 6. The molecule has 5 rings (SSSR count). The van der Waals surface area contributed by atoms with Gasteiger partial charge in [-0.1, -0.05) is 66.7 Å². The third-order valence-corrected chi connectivity index (χ3v) is 5.44. The Morgan fingerprint density at radius 3 is 2.44 bits per heavy atom. The molecule has 5 heteroatoms. The summed E-state index contributed by atoms with van der Waals surface area (Å²) in [7, 11) is 0. The van der Waals surface area contributed by atoms with Gasteiger partial charge in [0.15, 0.2) is 0 Å². The number of hydrogen-bond acceptors (Lipinski definition) is 3.